The molecule has 0 aromatic heterocycles. The van der Waals surface area contributed by atoms with Gasteiger partial charge < -0.3 is 10.2 Å². The molecular formula is C22H27N5O3. The van der Waals surface area contributed by atoms with Gasteiger partial charge in [0.1, 0.15) is 0 Å². The van der Waals surface area contributed by atoms with Crippen molar-refractivity contribution in [1.29, 1.82) is 0 Å². The van der Waals surface area contributed by atoms with E-state index in [1.54, 1.807) is 6.07 Å². The number of carbonyl (C=O) groups excluding carboxylic acids is 1. The predicted octanol–water partition coefficient (Wildman–Crippen LogP) is 3.76. The van der Waals surface area contributed by atoms with Gasteiger partial charge in [-0.3, -0.25) is 14.9 Å². The number of hydrogen-bond acceptors (Lipinski definition) is 6. The number of hydrazone groups is 1. The Hall–Kier alpha value is -3.42. The van der Waals surface area contributed by atoms with E-state index in [-0.39, 0.29) is 18.1 Å². The molecule has 158 valence electrons. The van der Waals surface area contributed by atoms with E-state index in [4.69, 9.17) is 0 Å². The SMILES string of the molecule is Cc1ccc(C)c(NCC(=O)N/N=C\c2cc([N+](=O)[O-])ccc2N2CCCCC2)c1. The van der Waals surface area contributed by atoms with Crippen molar-refractivity contribution in [2.24, 2.45) is 5.10 Å². The van der Waals surface area contributed by atoms with E-state index in [9.17, 15) is 14.9 Å². The van der Waals surface area contributed by atoms with E-state index in [1.807, 2.05) is 32.0 Å². The third-order valence-electron chi connectivity index (χ3n) is 5.14. The summed E-state index contributed by atoms with van der Waals surface area (Å²) in [5.41, 5.74) is 7.08. The van der Waals surface area contributed by atoms with Gasteiger partial charge in [0.2, 0.25) is 0 Å². The van der Waals surface area contributed by atoms with E-state index in [2.05, 4.69) is 20.7 Å². The molecule has 0 unspecified atom stereocenters. The number of anilines is 2. The van der Waals surface area contributed by atoms with Gasteiger partial charge >= 0.3 is 0 Å². The second-order valence-corrected chi connectivity index (χ2v) is 7.51. The summed E-state index contributed by atoms with van der Waals surface area (Å²) in [6.45, 7) is 5.86. The molecule has 3 rings (SSSR count). The monoisotopic (exact) mass is 409 g/mol. The van der Waals surface area contributed by atoms with Crippen LogP contribution < -0.4 is 15.6 Å². The van der Waals surface area contributed by atoms with Crippen molar-refractivity contribution in [2.75, 3.05) is 29.9 Å². The van der Waals surface area contributed by atoms with Crippen LogP contribution in [0.25, 0.3) is 0 Å². The van der Waals surface area contributed by atoms with Crippen molar-refractivity contribution in [2.45, 2.75) is 33.1 Å². The maximum atomic E-state index is 12.2. The molecule has 0 radical (unpaired) electrons. The lowest BCUT2D eigenvalue weighted by atomic mass is 10.1. The molecular weight excluding hydrogens is 382 g/mol. The molecule has 1 saturated heterocycles. The zero-order valence-corrected chi connectivity index (χ0v) is 17.4. The zero-order chi connectivity index (χ0) is 21.5. The number of nitro groups is 1. The Morgan fingerprint density at radius 2 is 1.93 bits per heavy atom. The smallest absolute Gasteiger partial charge is 0.270 e. The quantitative estimate of drug-likeness (QED) is 0.412. The van der Waals surface area contributed by atoms with Crippen molar-refractivity contribution in [3.8, 4) is 0 Å². The van der Waals surface area contributed by atoms with Crippen LogP contribution in [-0.4, -0.2) is 36.7 Å². The van der Waals surface area contributed by atoms with Crippen molar-refractivity contribution in [1.82, 2.24) is 5.43 Å². The third-order valence-corrected chi connectivity index (χ3v) is 5.14. The summed E-state index contributed by atoms with van der Waals surface area (Å²) in [7, 11) is 0. The highest BCUT2D eigenvalue weighted by atomic mass is 16.6. The number of carbonyl (C=O) groups is 1. The minimum Gasteiger partial charge on any atom is -0.376 e. The topological polar surface area (TPSA) is 99.9 Å². The van der Waals surface area contributed by atoms with Crippen LogP contribution in [0.2, 0.25) is 0 Å². The molecule has 2 N–H and O–H groups in total. The third kappa shape index (κ3) is 5.56. The Morgan fingerprint density at radius 1 is 1.17 bits per heavy atom. The average Bonchev–Trinajstić information content (AvgIpc) is 2.75. The molecule has 0 saturated carbocycles. The molecule has 0 aliphatic carbocycles. The number of benzene rings is 2. The van der Waals surface area contributed by atoms with Gasteiger partial charge in [0, 0.05) is 42.2 Å². The number of nitrogens with one attached hydrogen (secondary N) is 2. The summed E-state index contributed by atoms with van der Waals surface area (Å²) in [6.07, 6.45) is 4.85. The number of amides is 1. The van der Waals surface area contributed by atoms with E-state index in [0.717, 1.165) is 48.4 Å². The first-order valence-electron chi connectivity index (χ1n) is 10.1. The second-order valence-electron chi connectivity index (χ2n) is 7.51. The number of piperidine rings is 1. The number of non-ortho nitro benzene ring substituents is 1. The molecule has 0 spiro atoms. The van der Waals surface area contributed by atoms with Crippen molar-refractivity contribution >= 4 is 29.2 Å². The van der Waals surface area contributed by atoms with Gasteiger partial charge in [0.15, 0.2) is 0 Å². The highest BCUT2D eigenvalue weighted by Crippen LogP contribution is 2.27. The van der Waals surface area contributed by atoms with Gasteiger partial charge in [0.05, 0.1) is 17.7 Å². The fraction of sp³-hybridized carbons (Fsp3) is 0.364. The van der Waals surface area contributed by atoms with Gasteiger partial charge in [-0.05, 0) is 56.4 Å². The summed E-state index contributed by atoms with van der Waals surface area (Å²) in [6, 6.07) is 10.8. The molecule has 1 heterocycles. The molecule has 8 nitrogen and oxygen atoms in total. The van der Waals surface area contributed by atoms with Crippen LogP contribution >= 0.6 is 0 Å². The normalized spacial score (nSPS) is 14.0. The average molecular weight is 409 g/mol. The summed E-state index contributed by atoms with van der Waals surface area (Å²) in [4.78, 5) is 25.1. The fourth-order valence-corrected chi connectivity index (χ4v) is 3.50. The van der Waals surface area contributed by atoms with Gasteiger partial charge in [-0.2, -0.15) is 5.10 Å². The maximum absolute atomic E-state index is 12.2. The first-order valence-corrected chi connectivity index (χ1v) is 10.1. The largest absolute Gasteiger partial charge is 0.376 e. The lowest BCUT2D eigenvalue weighted by Crippen LogP contribution is -2.30. The minimum absolute atomic E-state index is 0.000116. The lowest BCUT2D eigenvalue weighted by molar-refractivity contribution is -0.384. The molecule has 2 aromatic rings. The van der Waals surface area contributed by atoms with E-state index >= 15 is 0 Å². The number of nitro benzene ring substituents is 1. The molecule has 1 amide bonds. The zero-order valence-electron chi connectivity index (χ0n) is 17.4. The van der Waals surface area contributed by atoms with Gasteiger partial charge in [-0.1, -0.05) is 12.1 Å². The maximum Gasteiger partial charge on any atom is 0.270 e. The molecule has 1 aliphatic rings. The van der Waals surface area contributed by atoms with Crippen LogP contribution in [0.4, 0.5) is 17.1 Å². The van der Waals surface area contributed by atoms with Crippen molar-refractivity contribution in [3.63, 3.8) is 0 Å². The molecule has 1 fully saturated rings. The minimum atomic E-state index is -0.427. The van der Waals surface area contributed by atoms with Crippen LogP contribution in [0.5, 0.6) is 0 Å². The second kappa shape index (κ2) is 9.87. The van der Waals surface area contributed by atoms with Gasteiger partial charge in [-0.15, -0.1) is 0 Å². The number of nitrogens with zero attached hydrogens (tertiary/aromatic N) is 3. The van der Waals surface area contributed by atoms with Crippen molar-refractivity contribution in [3.05, 3.63) is 63.2 Å². The van der Waals surface area contributed by atoms with Crippen LogP contribution in [0, 0.1) is 24.0 Å². The Labute approximate surface area is 176 Å². The highest BCUT2D eigenvalue weighted by Gasteiger charge is 2.17. The Kier molecular flexibility index (Phi) is 7.00. The van der Waals surface area contributed by atoms with Crippen LogP contribution in [0.1, 0.15) is 36.0 Å². The Morgan fingerprint density at radius 3 is 2.67 bits per heavy atom. The first kappa shape index (κ1) is 21.3. The summed E-state index contributed by atoms with van der Waals surface area (Å²) in [5, 5.41) is 18.3. The molecule has 1 aliphatic heterocycles. The summed E-state index contributed by atoms with van der Waals surface area (Å²) >= 11 is 0. The molecule has 2 aromatic carbocycles. The highest BCUT2D eigenvalue weighted by molar-refractivity contribution is 5.90. The van der Waals surface area contributed by atoms with E-state index in [0.29, 0.717) is 5.56 Å². The summed E-state index contributed by atoms with van der Waals surface area (Å²) in [5.74, 6) is -0.294. The standard InChI is InChI=1S/C22H27N5O3/c1-16-6-7-17(2)20(12-16)23-15-22(28)25-24-14-18-13-19(27(29)30)8-9-21(18)26-10-4-3-5-11-26/h6-9,12-14,23H,3-5,10-11,15H2,1-2H3,(H,25,28)/b24-14-. The van der Waals surface area contributed by atoms with Gasteiger partial charge in [-0.25, -0.2) is 5.43 Å². The number of hydrogen-bond donors (Lipinski definition) is 2. The number of aryl methyl sites for hydroxylation is 2. The molecule has 8 heteroatoms. The number of rotatable bonds is 7. The van der Waals surface area contributed by atoms with Crippen LogP contribution in [-0.2, 0) is 4.79 Å². The van der Waals surface area contributed by atoms with Gasteiger partial charge in [0.25, 0.3) is 11.6 Å². The van der Waals surface area contributed by atoms with E-state index < -0.39 is 4.92 Å². The lowest BCUT2D eigenvalue weighted by Gasteiger charge is -2.29. The van der Waals surface area contributed by atoms with Crippen LogP contribution in [0.3, 0.4) is 0 Å². The first-order chi connectivity index (χ1) is 14.4. The fourth-order valence-electron chi connectivity index (χ4n) is 3.50. The predicted molar refractivity (Wildman–Crippen MR) is 119 cm³/mol. The Balaban J connectivity index is 1.66. The van der Waals surface area contributed by atoms with Crippen LogP contribution in [0.15, 0.2) is 41.5 Å². The molecule has 0 atom stereocenters. The molecule has 30 heavy (non-hydrogen) atoms. The molecule has 0 bridgehead atoms. The summed E-state index contributed by atoms with van der Waals surface area (Å²) < 4.78 is 0. The van der Waals surface area contributed by atoms with E-state index in [1.165, 1.54) is 24.8 Å². The van der Waals surface area contributed by atoms with Crippen molar-refractivity contribution < 1.29 is 9.72 Å². The Bertz CT molecular complexity index is 952.